The van der Waals surface area contributed by atoms with E-state index < -0.39 is 5.60 Å². The van der Waals surface area contributed by atoms with Gasteiger partial charge in [0.05, 0.1) is 5.54 Å². The lowest BCUT2D eigenvalue weighted by molar-refractivity contribution is -0.0316. The molecule has 0 aromatic heterocycles. The van der Waals surface area contributed by atoms with Crippen molar-refractivity contribution in [2.45, 2.75) is 31.9 Å². The van der Waals surface area contributed by atoms with Crippen LogP contribution in [0.15, 0.2) is 0 Å². The van der Waals surface area contributed by atoms with E-state index in [0.29, 0.717) is 0 Å². The Labute approximate surface area is 103 Å². The minimum Gasteiger partial charge on any atom is -0.444 e. The summed E-state index contributed by atoms with van der Waals surface area (Å²) in [5.74, 6) is 0. The van der Waals surface area contributed by atoms with Gasteiger partial charge in [-0.1, -0.05) is 0 Å². The van der Waals surface area contributed by atoms with Crippen LogP contribution in [-0.4, -0.2) is 66.8 Å². The van der Waals surface area contributed by atoms with Crippen LogP contribution < -0.4 is 5.32 Å². The average molecular weight is 241 g/mol. The molecule has 0 aliphatic carbocycles. The largest absolute Gasteiger partial charge is 0.444 e. The molecular weight excluding hydrogens is 218 g/mol. The van der Waals surface area contributed by atoms with E-state index in [9.17, 15) is 4.79 Å². The molecule has 5 nitrogen and oxygen atoms in total. The number of carbonyl (C=O) groups is 1. The first kappa shape index (κ1) is 12.6. The van der Waals surface area contributed by atoms with E-state index in [2.05, 4.69) is 17.3 Å². The number of amides is 1. The molecule has 0 unspecified atom stereocenters. The maximum absolute atomic E-state index is 11.8. The standard InChI is InChI=1S/C12H23N3O2/c1-11(2,3)17-10(16)15-8-12(9-15)7-14(4)6-5-13-12/h13H,5-9H2,1-4H3. The molecule has 1 amide bonds. The van der Waals surface area contributed by atoms with Gasteiger partial charge >= 0.3 is 6.09 Å². The van der Waals surface area contributed by atoms with Gasteiger partial charge in [0, 0.05) is 32.7 Å². The highest BCUT2D eigenvalue weighted by Crippen LogP contribution is 2.25. The summed E-state index contributed by atoms with van der Waals surface area (Å²) in [5.41, 5.74) is -0.305. The number of hydrogen-bond donors (Lipinski definition) is 1. The van der Waals surface area contributed by atoms with Crippen LogP contribution in [0.3, 0.4) is 0 Å². The summed E-state index contributed by atoms with van der Waals surface area (Å²) in [6, 6.07) is 0. The van der Waals surface area contributed by atoms with E-state index in [-0.39, 0.29) is 11.6 Å². The molecule has 2 saturated heterocycles. The summed E-state index contributed by atoms with van der Waals surface area (Å²) in [7, 11) is 2.12. The van der Waals surface area contributed by atoms with Gasteiger partial charge in [-0.25, -0.2) is 4.79 Å². The molecule has 2 heterocycles. The lowest BCUT2D eigenvalue weighted by Gasteiger charge is -2.54. The SMILES string of the molecule is CN1CCNC2(C1)CN(C(=O)OC(C)(C)C)C2. The summed E-state index contributed by atoms with van der Waals surface area (Å²) < 4.78 is 5.35. The van der Waals surface area contributed by atoms with Crippen LogP contribution in [0.5, 0.6) is 0 Å². The highest BCUT2D eigenvalue weighted by Gasteiger charge is 2.47. The lowest BCUT2D eigenvalue weighted by Crippen LogP contribution is -2.76. The molecule has 5 heteroatoms. The molecule has 0 aromatic carbocycles. The molecule has 2 fully saturated rings. The van der Waals surface area contributed by atoms with Crippen molar-refractivity contribution in [3.63, 3.8) is 0 Å². The van der Waals surface area contributed by atoms with Crippen LogP contribution in [0.2, 0.25) is 0 Å². The Morgan fingerprint density at radius 1 is 1.29 bits per heavy atom. The monoisotopic (exact) mass is 241 g/mol. The fraction of sp³-hybridized carbons (Fsp3) is 0.917. The molecule has 0 radical (unpaired) electrons. The number of hydrogen-bond acceptors (Lipinski definition) is 4. The Balaban J connectivity index is 1.83. The Bertz CT molecular complexity index is 305. The fourth-order valence-corrected chi connectivity index (χ4v) is 2.52. The number of likely N-dealkylation sites (N-methyl/N-ethyl adjacent to an activating group) is 1. The van der Waals surface area contributed by atoms with Gasteiger partial charge < -0.3 is 19.9 Å². The maximum atomic E-state index is 11.8. The second-order valence-corrected chi connectivity index (χ2v) is 6.28. The van der Waals surface area contributed by atoms with Crippen molar-refractivity contribution in [2.75, 3.05) is 39.8 Å². The van der Waals surface area contributed by atoms with Gasteiger partial charge in [-0.3, -0.25) is 0 Å². The molecule has 2 aliphatic heterocycles. The van der Waals surface area contributed by atoms with Crippen molar-refractivity contribution in [3.8, 4) is 0 Å². The van der Waals surface area contributed by atoms with Crippen molar-refractivity contribution in [1.82, 2.24) is 15.1 Å². The fourth-order valence-electron chi connectivity index (χ4n) is 2.52. The Kier molecular flexibility index (Phi) is 3.08. The van der Waals surface area contributed by atoms with Crippen LogP contribution in [0.4, 0.5) is 4.79 Å². The van der Waals surface area contributed by atoms with Crippen molar-refractivity contribution < 1.29 is 9.53 Å². The zero-order chi connectivity index (χ0) is 12.7. The molecule has 17 heavy (non-hydrogen) atoms. The van der Waals surface area contributed by atoms with Crippen molar-refractivity contribution >= 4 is 6.09 Å². The third-order valence-corrected chi connectivity index (χ3v) is 3.20. The van der Waals surface area contributed by atoms with Crippen LogP contribution in [-0.2, 0) is 4.74 Å². The van der Waals surface area contributed by atoms with Crippen molar-refractivity contribution in [2.24, 2.45) is 0 Å². The predicted octanol–water partition coefficient (Wildman–Crippen LogP) is 0.511. The molecule has 98 valence electrons. The first-order chi connectivity index (χ1) is 7.80. The summed E-state index contributed by atoms with van der Waals surface area (Å²) in [4.78, 5) is 15.9. The number of nitrogens with one attached hydrogen (secondary N) is 1. The summed E-state index contributed by atoms with van der Waals surface area (Å²) in [6.07, 6.45) is -0.196. The van der Waals surface area contributed by atoms with E-state index in [4.69, 9.17) is 4.74 Å². The molecule has 0 atom stereocenters. The summed E-state index contributed by atoms with van der Waals surface area (Å²) in [6.45, 7) is 10.3. The molecule has 0 saturated carbocycles. The van der Waals surface area contributed by atoms with Gasteiger partial charge in [0.1, 0.15) is 5.60 Å². The summed E-state index contributed by atoms with van der Waals surface area (Å²) >= 11 is 0. The Morgan fingerprint density at radius 2 is 1.94 bits per heavy atom. The van der Waals surface area contributed by atoms with E-state index in [0.717, 1.165) is 32.7 Å². The highest BCUT2D eigenvalue weighted by atomic mass is 16.6. The predicted molar refractivity (Wildman–Crippen MR) is 66.0 cm³/mol. The molecule has 0 bridgehead atoms. The minimum absolute atomic E-state index is 0.101. The van der Waals surface area contributed by atoms with E-state index in [1.54, 1.807) is 4.90 Å². The zero-order valence-electron chi connectivity index (χ0n) is 11.2. The number of piperazine rings is 1. The number of carbonyl (C=O) groups excluding carboxylic acids is 1. The van der Waals surface area contributed by atoms with Gasteiger partial charge in [0.25, 0.3) is 0 Å². The Hall–Kier alpha value is -0.810. The smallest absolute Gasteiger partial charge is 0.410 e. The highest BCUT2D eigenvalue weighted by molar-refractivity contribution is 5.69. The zero-order valence-corrected chi connectivity index (χ0v) is 11.2. The van der Waals surface area contributed by atoms with Gasteiger partial charge in [0.2, 0.25) is 0 Å². The van der Waals surface area contributed by atoms with E-state index in [1.807, 2.05) is 20.8 Å². The normalized spacial score (nSPS) is 24.6. The van der Waals surface area contributed by atoms with E-state index >= 15 is 0 Å². The van der Waals surface area contributed by atoms with Crippen LogP contribution in [0, 0.1) is 0 Å². The van der Waals surface area contributed by atoms with Crippen molar-refractivity contribution in [3.05, 3.63) is 0 Å². The molecular formula is C12H23N3O2. The molecule has 1 N–H and O–H groups in total. The molecule has 1 spiro atoms. The molecule has 2 rings (SSSR count). The van der Waals surface area contributed by atoms with Crippen LogP contribution in [0.25, 0.3) is 0 Å². The second-order valence-electron chi connectivity index (χ2n) is 6.28. The third kappa shape index (κ3) is 2.90. The number of ether oxygens (including phenoxy) is 1. The van der Waals surface area contributed by atoms with Gasteiger partial charge in [-0.2, -0.15) is 0 Å². The topological polar surface area (TPSA) is 44.8 Å². The number of likely N-dealkylation sites (tertiary alicyclic amines) is 1. The molecule has 0 aromatic rings. The van der Waals surface area contributed by atoms with Crippen LogP contribution >= 0.6 is 0 Å². The average Bonchev–Trinajstić information content (AvgIpc) is 2.10. The van der Waals surface area contributed by atoms with Crippen molar-refractivity contribution in [1.29, 1.82) is 0 Å². The Morgan fingerprint density at radius 3 is 2.47 bits per heavy atom. The first-order valence-corrected chi connectivity index (χ1v) is 6.21. The van der Waals surface area contributed by atoms with Crippen LogP contribution in [0.1, 0.15) is 20.8 Å². The van der Waals surface area contributed by atoms with Gasteiger partial charge in [-0.05, 0) is 27.8 Å². The van der Waals surface area contributed by atoms with Gasteiger partial charge in [-0.15, -0.1) is 0 Å². The second kappa shape index (κ2) is 4.14. The van der Waals surface area contributed by atoms with Gasteiger partial charge in [0.15, 0.2) is 0 Å². The number of nitrogens with zero attached hydrogens (tertiary/aromatic N) is 2. The first-order valence-electron chi connectivity index (χ1n) is 6.21. The molecule has 2 aliphatic rings. The quantitative estimate of drug-likeness (QED) is 0.671. The maximum Gasteiger partial charge on any atom is 0.410 e. The third-order valence-electron chi connectivity index (χ3n) is 3.20. The number of rotatable bonds is 0. The van der Waals surface area contributed by atoms with E-state index in [1.165, 1.54) is 0 Å². The minimum atomic E-state index is -0.406. The summed E-state index contributed by atoms with van der Waals surface area (Å²) in [5, 5.41) is 3.52. The lowest BCUT2D eigenvalue weighted by atomic mass is 9.88.